The molecular weight excluding hydrogens is 370 g/mol. The minimum Gasteiger partial charge on any atom is -0.497 e. The minimum absolute atomic E-state index is 0.0412. The van der Waals surface area contributed by atoms with Gasteiger partial charge in [-0.15, -0.1) is 0 Å². The molecule has 0 radical (unpaired) electrons. The molecule has 0 N–H and O–H groups in total. The average Bonchev–Trinajstić information content (AvgIpc) is 3.20. The fraction of sp³-hybridized carbons (Fsp3) is 0.318. The zero-order chi connectivity index (χ0) is 20.8. The second kappa shape index (κ2) is 9.23. The number of rotatable bonds is 8. The molecule has 0 spiro atoms. The van der Waals surface area contributed by atoms with Gasteiger partial charge in [0.1, 0.15) is 18.0 Å². The Kier molecular flexibility index (Phi) is 6.49. The highest BCUT2D eigenvalue weighted by Gasteiger charge is 2.21. The van der Waals surface area contributed by atoms with Gasteiger partial charge in [0, 0.05) is 11.6 Å². The maximum Gasteiger partial charge on any atom is 0.261 e. The fourth-order valence-electron chi connectivity index (χ4n) is 2.74. The third-order valence-corrected chi connectivity index (χ3v) is 4.45. The molecular formula is C22H25N3O4. The molecule has 3 aromatic rings. The summed E-state index contributed by atoms with van der Waals surface area (Å²) in [5.74, 6) is 2.10. The summed E-state index contributed by atoms with van der Waals surface area (Å²) in [5, 5.41) is 4.02. The predicted octanol–water partition coefficient (Wildman–Crippen LogP) is 3.87. The lowest BCUT2D eigenvalue weighted by atomic mass is 10.2. The van der Waals surface area contributed by atoms with E-state index in [1.807, 2.05) is 69.3 Å². The Bertz CT molecular complexity index is 933. The Hall–Kier alpha value is -3.35. The van der Waals surface area contributed by atoms with E-state index in [0.717, 1.165) is 16.9 Å². The van der Waals surface area contributed by atoms with Crippen molar-refractivity contribution in [3.63, 3.8) is 0 Å². The molecule has 0 saturated heterocycles. The van der Waals surface area contributed by atoms with Crippen LogP contribution in [0.1, 0.15) is 25.3 Å². The van der Waals surface area contributed by atoms with Crippen LogP contribution in [0.3, 0.4) is 0 Å². The molecule has 29 heavy (non-hydrogen) atoms. The summed E-state index contributed by atoms with van der Waals surface area (Å²) in [7, 11) is 1.61. The molecule has 3 rings (SSSR count). The first-order valence-electron chi connectivity index (χ1n) is 9.42. The van der Waals surface area contributed by atoms with Gasteiger partial charge >= 0.3 is 0 Å². The van der Waals surface area contributed by atoms with Gasteiger partial charge in [-0.1, -0.05) is 22.9 Å². The first kappa shape index (κ1) is 20.4. The lowest BCUT2D eigenvalue weighted by Crippen LogP contribution is -2.39. The highest BCUT2D eigenvalue weighted by Crippen LogP contribution is 2.20. The number of amides is 1. The molecule has 1 heterocycles. The van der Waals surface area contributed by atoms with Crippen molar-refractivity contribution in [1.82, 2.24) is 15.0 Å². The highest BCUT2D eigenvalue weighted by molar-refractivity contribution is 5.78. The number of aromatic nitrogens is 2. The summed E-state index contributed by atoms with van der Waals surface area (Å²) in [6.45, 7) is 6.03. The van der Waals surface area contributed by atoms with Crippen LogP contribution in [0, 0.1) is 6.92 Å². The molecule has 0 fully saturated rings. The van der Waals surface area contributed by atoms with E-state index in [4.69, 9.17) is 14.0 Å². The molecule has 1 aromatic heterocycles. The molecule has 7 nitrogen and oxygen atoms in total. The van der Waals surface area contributed by atoms with Crippen molar-refractivity contribution >= 4 is 5.91 Å². The predicted molar refractivity (Wildman–Crippen MR) is 109 cm³/mol. The van der Waals surface area contributed by atoms with Crippen LogP contribution in [-0.4, -0.2) is 40.7 Å². The molecule has 7 heteroatoms. The van der Waals surface area contributed by atoms with E-state index in [2.05, 4.69) is 10.1 Å². The zero-order valence-corrected chi connectivity index (χ0v) is 17.1. The van der Waals surface area contributed by atoms with Gasteiger partial charge in [-0.3, -0.25) is 4.79 Å². The molecule has 1 amide bonds. The molecule has 0 unspecified atom stereocenters. The van der Waals surface area contributed by atoms with Crippen molar-refractivity contribution in [2.75, 3.05) is 13.7 Å². The number of carbonyl (C=O) groups excluding carboxylic acids is 1. The molecule has 0 saturated carbocycles. The van der Waals surface area contributed by atoms with Crippen LogP contribution in [0.2, 0.25) is 0 Å². The summed E-state index contributed by atoms with van der Waals surface area (Å²) in [6, 6.07) is 14.9. The van der Waals surface area contributed by atoms with Crippen molar-refractivity contribution in [3.8, 4) is 22.9 Å². The Morgan fingerprint density at radius 2 is 1.72 bits per heavy atom. The maximum absolute atomic E-state index is 12.7. The van der Waals surface area contributed by atoms with Gasteiger partial charge in [-0.25, -0.2) is 0 Å². The topological polar surface area (TPSA) is 77.7 Å². The number of methoxy groups -OCH3 is 1. The Labute approximate surface area is 170 Å². The second-order valence-corrected chi connectivity index (χ2v) is 6.96. The third-order valence-electron chi connectivity index (χ3n) is 4.45. The maximum atomic E-state index is 12.7. The first-order chi connectivity index (χ1) is 14.0. The summed E-state index contributed by atoms with van der Waals surface area (Å²) in [6.07, 6.45) is 0. The molecule has 152 valence electrons. The molecule has 0 aliphatic rings. The lowest BCUT2D eigenvalue weighted by Gasteiger charge is -2.25. The number of benzene rings is 2. The lowest BCUT2D eigenvalue weighted by molar-refractivity contribution is -0.136. The molecule has 0 aliphatic carbocycles. The Morgan fingerprint density at radius 3 is 2.34 bits per heavy atom. The van der Waals surface area contributed by atoms with Gasteiger partial charge in [-0.2, -0.15) is 4.98 Å². The van der Waals surface area contributed by atoms with E-state index in [-0.39, 0.29) is 25.1 Å². The smallest absolute Gasteiger partial charge is 0.261 e. The van der Waals surface area contributed by atoms with Crippen LogP contribution in [0.4, 0.5) is 0 Å². The van der Waals surface area contributed by atoms with Crippen molar-refractivity contribution in [1.29, 1.82) is 0 Å². The average molecular weight is 395 g/mol. The van der Waals surface area contributed by atoms with Crippen LogP contribution < -0.4 is 9.47 Å². The highest BCUT2D eigenvalue weighted by atomic mass is 16.5. The largest absolute Gasteiger partial charge is 0.497 e. The summed E-state index contributed by atoms with van der Waals surface area (Å²) >= 11 is 0. The summed E-state index contributed by atoms with van der Waals surface area (Å²) in [5.41, 5.74) is 1.95. The first-order valence-corrected chi connectivity index (χ1v) is 9.42. The van der Waals surface area contributed by atoms with Gasteiger partial charge in [0.25, 0.3) is 5.91 Å². The van der Waals surface area contributed by atoms with E-state index < -0.39 is 0 Å². The van der Waals surface area contributed by atoms with E-state index in [9.17, 15) is 4.79 Å². The number of hydrogen-bond acceptors (Lipinski definition) is 6. The van der Waals surface area contributed by atoms with E-state index in [1.165, 1.54) is 0 Å². The normalized spacial score (nSPS) is 10.8. The molecule has 0 bridgehead atoms. The van der Waals surface area contributed by atoms with Gasteiger partial charge in [-0.05, 0) is 57.2 Å². The van der Waals surface area contributed by atoms with E-state index in [1.54, 1.807) is 12.0 Å². The Balaban J connectivity index is 1.64. The van der Waals surface area contributed by atoms with Gasteiger partial charge in [0.05, 0.1) is 7.11 Å². The van der Waals surface area contributed by atoms with Crippen LogP contribution in [-0.2, 0) is 11.3 Å². The SMILES string of the molecule is COc1ccc(-c2noc(CN(C(=O)COc3ccc(C)cc3)C(C)C)n2)cc1. The number of ether oxygens (including phenoxy) is 2. The number of hydrogen-bond donors (Lipinski definition) is 0. The van der Waals surface area contributed by atoms with E-state index in [0.29, 0.717) is 17.5 Å². The van der Waals surface area contributed by atoms with Gasteiger partial charge in [0.15, 0.2) is 6.61 Å². The monoisotopic (exact) mass is 395 g/mol. The molecule has 0 atom stereocenters. The van der Waals surface area contributed by atoms with Crippen LogP contribution in [0.15, 0.2) is 53.1 Å². The number of aryl methyl sites for hydroxylation is 1. The second-order valence-electron chi connectivity index (χ2n) is 6.96. The van der Waals surface area contributed by atoms with Crippen LogP contribution >= 0.6 is 0 Å². The van der Waals surface area contributed by atoms with Crippen molar-refractivity contribution in [2.45, 2.75) is 33.4 Å². The van der Waals surface area contributed by atoms with Crippen molar-refractivity contribution in [3.05, 3.63) is 60.0 Å². The number of carbonyl (C=O) groups is 1. The molecule has 0 aliphatic heterocycles. The third kappa shape index (κ3) is 5.34. The van der Waals surface area contributed by atoms with E-state index >= 15 is 0 Å². The van der Waals surface area contributed by atoms with Crippen molar-refractivity contribution < 1.29 is 18.8 Å². The van der Waals surface area contributed by atoms with Crippen LogP contribution in [0.5, 0.6) is 11.5 Å². The standard InChI is InChI=1S/C22H25N3O4/c1-15(2)25(21(26)14-28-19-9-5-16(3)6-10-19)13-20-23-22(24-29-20)17-7-11-18(27-4)12-8-17/h5-12,15H,13-14H2,1-4H3. The quantitative estimate of drug-likeness (QED) is 0.576. The van der Waals surface area contributed by atoms with Gasteiger partial charge < -0.3 is 18.9 Å². The minimum atomic E-state index is -0.148. The summed E-state index contributed by atoms with van der Waals surface area (Å²) in [4.78, 5) is 18.7. The Morgan fingerprint density at radius 1 is 1.07 bits per heavy atom. The summed E-state index contributed by atoms with van der Waals surface area (Å²) < 4.78 is 16.1. The fourth-order valence-corrected chi connectivity index (χ4v) is 2.74. The molecule has 2 aromatic carbocycles. The number of nitrogens with zero attached hydrogens (tertiary/aromatic N) is 3. The zero-order valence-electron chi connectivity index (χ0n) is 17.1. The van der Waals surface area contributed by atoms with Gasteiger partial charge in [0.2, 0.25) is 11.7 Å². The van der Waals surface area contributed by atoms with Crippen LogP contribution in [0.25, 0.3) is 11.4 Å². The van der Waals surface area contributed by atoms with Crippen molar-refractivity contribution in [2.24, 2.45) is 0 Å².